The third kappa shape index (κ3) is 3.49. The van der Waals surface area contributed by atoms with Gasteiger partial charge in [0.1, 0.15) is 6.17 Å². The Kier molecular flexibility index (Phi) is 4.97. The van der Waals surface area contributed by atoms with Crippen LogP contribution >= 0.6 is 0 Å². The molecule has 1 saturated carbocycles. The molecule has 6 heteroatoms. The average Bonchev–Trinajstić information content (AvgIpc) is 3.16. The molecule has 1 amide bonds. The van der Waals surface area contributed by atoms with Crippen LogP contribution in [0.15, 0.2) is 24.5 Å². The quantitative estimate of drug-likeness (QED) is 0.806. The van der Waals surface area contributed by atoms with Crippen molar-refractivity contribution in [3.63, 3.8) is 0 Å². The van der Waals surface area contributed by atoms with Crippen LogP contribution in [0, 0.1) is 17.3 Å². The number of aromatic nitrogens is 1. The maximum absolute atomic E-state index is 13.1. The van der Waals surface area contributed by atoms with Gasteiger partial charge in [-0.25, -0.2) is 4.39 Å². The summed E-state index contributed by atoms with van der Waals surface area (Å²) in [6.45, 7) is 4.90. The van der Waals surface area contributed by atoms with Crippen LogP contribution in [0.1, 0.15) is 24.8 Å². The number of nitrogens with zero attached hydrogens (tertiary/aromatic N) is 3. The van der Waals surface area contributed by atoms with Crippen LogP contribution in [-0.4, -0.2) is 66.7 Å². The number of pyridine rings is 1. The molecule has 1 aliphatic carbocycles. The van der Waals surface area contributed by atoms with E-state index < -0.39 is 6.17 Å². The molecule has 0 bridgehead atoms. The topological polar surface area (TPSA) is 45.7 Å². The summed E-state index contributed by atoms with van der Waals surface area (Å²) in [6.07, 6.45) is 4.69. The molecule has 142 valence electrons. The van der Waals surface area contributed by atoms with Crippen LogP contribution in [0.5, 0.6) is 0 Å². The molecule has 1 spiro atoms. The van der Waals surface area contributed by atoms with Crippen molar-refractivity contribution in [3.8, 4) is 0 Å². The Labute approximate surface area is 154 Å². The maximum atomic E-state index is 13.1. The van der Waals surface area contributed by atoms with Gasteiger partial charge in [-0.15, -0.1) is 0 Å². The van der Waals surface area contributed by atoms with E-state index in [0.717, 1.165) is 38.2 Å². The van der Waals surface area contributed by atoms with Crippen LogP contribution in [-0.2, 0) is 16.1 Å². The summed E-state index contributed by atoms with van der Waals surface area (Å²) in [4.78, 5) is 21.1. The molecule has 0 N–H and O–H groups in total. The number of carbonyl (C=O) groups excluding carboxylic acids is 1. The van der Waals surface area contributed by atoms with Crippen molar-refractivity contribution in [1.82, 2.24) is 14.8 Å². The molecule has 26 heavy (non-hydrogen) atoms. The highest BCUT2D eigenvalue weighted by atomic mass is 19.1. The second-order valence-electron chi connectivity index (χ2n) is 8.41. The first kappa shape index (κ1) is 17.9. The number of amides is 1. The standard InChI is InChI=1S/C20H28FN3O2/c1-23-10-17(12-26-11-15-3-2-5-22-9-15)20(13-23)4-6-24(14-20)19(25)16-7-18(21)8-16/h2-3,5,9,16-18H,4,6-8,10-14H2,1H3/t16?,17-,18?,20-/m1/s1. The third-order valence-corrected chi connectivity index (χ3v) is 6.42. The Hall–Kier alpha value is -1.53. The van der Waals surface area contributed by atoms with E-state index in [1.165, 1.54) is 0 Å². The van der Waals surface area contributed by atoms with Crippen LogP contribution in [0.4, 0.5) is 4.39 Å². The number of halogens is 1. The molecule has 2 atom stereocenters. The van der Waals surface area contributed by atoms with E-state index in [0.29, 0.717) is 32.0 Å². The lowest BCUT2D eigenvalue weighted by atomic mass is 9.77. The van der Waals surface area contributed by atoms with E-state index >= 15 is 0 Å². The summed E-state index contributed by atoms with van der Waals surface area (Å²) in [5.74, 6) is 0.511. The molecule has 2 saturated heterocycles. The van der Waals surface area contributed by atoms with Crippen molar-refractivity contribution in [2.45, 2.75) is 32.0 Å². The van der Waals surface area contributed by atoms with Crippen LogP contribution in [0.2, 0.25) is 0 Å². The van der Waals surface area contributed by atoms with Crippen molar-refractivity contribution in [2.24, 2.45) is 17.3 Å². The molecular weight excluding hydrogens is 333 g/mol. The van der Waals surface area contributed by atoms with E-state index in [1.54, 1.807) is 6.20 Å². The van der Waals surface area contributed by atoms with Crippen molar-refractivity contribution < 1.29 is 13.9 Å². The zero-order valence-corrected chi connectivity index (χ0v) is 15.4. The predicted molar refractivity (Wildman–Crippen MR) is 96.1 cm³/mol. The first-order chi connectivity index (χ1) is 12.6. The van der Waals surface area contributed by atoms with Crippen molar-refractivity contribution in [3.05, 3.63) is 30.1 Å². The van der Waals surface area contributed by atoms with E-state index in [-0.39, 0.29) is 17.2 Å². The molecule has 0 radical (unpaired) electrons. The Balaban J connectivity index is 1.34. The van der Waals surface area contributed by atoms with E-state index in [4.69, 9.17) is 4.74 Å². The van der Waals surface area contributed by atoms with Crippen LogP contribution in [0.3, 0.4) is 0 Å². The number of hydrogen-bond acceptors (Lipinski definition) is 4. The van der Waals surface area contributed by atoms with Gasteiger partial charge in [0.25, 0.3) is 0 Å². The molecule has 3 aliphatic rings. The molecular formula is C20H28FN3O2. The predicted octanol–water partition coefficient (Wildman–Crippen LogP) is 2.13. The molecule has 3 heterocycles. The van der Waals surface area contributed by atoms with Gasteiger partial charge in [-0.3, -0.25) is 9.78 Å². The Morgan fingerprint density at radius 2 is 2.27 bits per heavy atom. The summed E-state index contributed by atoms with van der Waals surface area (Å²) in [5, 5.41) is 0. The SMILES string of the molecule is CN1C[C@H](COCc2cccnc2)[C@]2(CCN(C(=O)C3CC(F)C3)C2)C1. The van der Waals surface area contributed by atoms with Gasteiger partial charge >= 0.3 is 0 Å². The minimum Gasteiger partial charge on any atom is -0.376 e. The van der Waals surface area contributed by atoms with Crippen molar-refractivity contribution in [2.75, 3.05) is 39.8 Å². The van der Waals surface area contributed by atoms with E-state index in [9.17, 15) is 9.18 Å². The van der Waals surface area contributed by atoms with Crippen LogP contribution in [0.25, 0.3) is 0 Å². The minimum atomic E-state index is -0.772. The lowest BCUT2D eigenvalue weighted by Crippen LogP contribution is -2.44. The molecule has 2 aliphatic heterocycles. The van der Waals surface area contributed by atoms with Gasteiger partial charge < -0.3 is 14.5 Å². The molecule has 0 unspecified atom stereocenters. The van der Waals surface area contributed by atoms with Gasteiger partial charge in [0.15, 0.2) is 0 Å². The zero-order valence-electron chi connectivity index (χ0n) is 15.4. The fraction of sp³-hybridized carbons (Fsp3) is 0.700. The van der Waals surface area contributed by atoms with E-state index in [2.05, 4.69) is 16.9 Å². The molecule has 5 nitrogen and oxygen atoms in total. The van der Waals surface area contributed by atoms with Gasteiger partial charge in [-0.2, -0.15) is 0 Å². The Morgan fingerprint density at radius 1 is 1.42 bits per heavy atom. The van der Waals surface area contributed by atoms with Crippen molar-refractivity contribution >= 4 is 5.91 Å². The lowest BCUT2D eigenvalue weighted by Gasteiger charge is -2.34. The molecule has 1 aromatic heterocycles. The second-order valence-corrected chi connectivity index (χ2v) is 8.41. The van der Waals surface area contributed by atoms with Gasteiger partial charge in [-0.1, -0.05) is 6.07 Å². The Bertz CT molecular complexity index is 637. The third-order valence-electron chi connectivity index (χ3n) is 6.42. The normalized spacial score (nSPS) is 34.4. The van der Waals surface area contributed by atoms with Gasteiger partial charge in [0.2, 0.25) is 5.91 Å². The Morgan fingerprint density at radius 3 is 3.00 bits per heavy atom. The number of likely N-dealkylation sites (tertiary alicyclic amines) is 2. The highest BCUT2D eigenvalue weighted by Gasteiger charge is 2.51. The largest absolute Gasteiger partial charge is 0.376 e. The van der Waals surface area contributed by atoms with Crippen molar-refractivity contribution in [1.29, 1.82) is 0 Å². The molecule has 1 aromatic rings. The number of carbonyl (C=O) groups is 1. The maximum Gasteiger partial charge on any atom is 0.225 e. The fourth-order valence-electron chi connectivity index (χ4n) is 4.89. The van der Waals surface area contributed by atoms with Gasteiger partial charge in [0.05, 0.1) is 13.2 Å². The van der Waals surface area contributed by atoms with Gasteiger partial charge in [0, 0.05) is 55.8 Å². The average molecular weight is 361 g/mol. The number of ether oxygens (including phenoxy) is 1. The highest BCUT2D eigenvalue weighted by molar-refractivity contribution is 5.80. The summed E-state index contributed by atoms with van der Waals surface area (Å²) < 4.78 is 19.1. The highest BCUT2D eigenvalue weighted by Crippen LogP contribution is 2.45. The minimum absolute atomic E-state index is 0.0837. The lowest BCUT2D eigenvalue weighted by molar-refractivity contribution is -0.139. The second kappa shape index (κ2) is 7.24. The summed E-state index contributed by atoms with van der Waals surface area (Å²) in [7, 11) is 2.15. The monoisotopic (exact) mass is 361 g/mol. The smallest absolute Gasteiger partial charge is 0.225 e. The fourth-order valence-corrected chi connectivity index (χ4v) is 4.89. The number of hydrogen-bond donors (Lipinski definition) is 0. The van der Waals surface area contributed by atoms with E-state index in [1.807, 2.05) is 23.2 Å². The summed E-state index contributed by atoms with van der Waals surface area (Å²) >= 11 is 0. The molecule has 0 aromatic carbocycles. The number of rotatable bonds is 5. The van der Waals surface area contributed by atoms with Gasteiger partial charge in [-0.05, 0) is 37.9 Å². The first-order valence-corrected chi connectivity index (χ1v) is 9.64. The number of alkyl halides is 1. The molecule has 4 rings (SSSR count). The molecule has 3 fully saturated rings. The first-order valence-electron chi connectivity index (χ1n) is 9.64. The summed E-state index contributed by atoms with van der Waals surface area (Å²) in [5.41, 5.74) is 1.21. The summed E-state index contributed by atoms with van der Waals surface area (Å²) in [6, 6.07) is 3.95. The van der Waals surface area contributed by atoms with Crippen LogP contribution < -0.4 is 0 Å². The zero-order chi connectivity index (χ0) is 18.1.